The maximum absolute atomic E-state index is 11.9. The van der Waals surface area contributed by atoms with Crippen molar-refractivity contribution in [2.45, 2.75) is 20.5 Å². The Labute approximate surface area is 58.4 Å². The van der Waals surface area contributed by atoms with Gasteiger partial charge in [-0.15, -0.1) is 0 Å². The molecule has 0 saturated heterocycles. The molecule has 0 spiro atoms. The second kappa shape index (κ2) is 2.68. The largest absolute Gasteiger partial charge is 0.242 e. The molecule has 0 aromatic carbocycles. The Hall–Kier alpha value is -1.06. The minimum absolute atomic E-state index is 0.213. The fourth-order valence-electron chi connectivity index (χ4n) is 0.742. The second-order valence-corrected chi connectivity index (χ2v) is 1.98. The van der Waals surface area contributed by atoms with Gasteiger partial charge in [-0.25, -0.2) is 19.3 Å². The van der Waals surface area contributed by atoms with Crippen molar-refractivity contribution in [2.24, 2.45) is 0 Å². The molecule has 0 aliphatic carbocycles. The predicted octanol–water partition coefficient (Wildman–Crippen LogP) is 0.958. The highest BCUT2D eigenvalue weighted by Crippen LogP contribution is 1.94. The van der Waals surface area contributed by atoms with E-state index in [4.69, 9.17) is 0 Å². The molecule has 0 radical (unpaired) electrons. The minimum atomic E-state index is -0.621. The molecule has 54 valence electrons. The number of hydrogen-bond donors (Lipinski definition) is 0. The molecule has 4 heteroatoms. The molecule has 0 atom stereocenters. The van der Waals surface area contributed by atoms with Crippen LogP contribution in [0.4, 0.5) is 4.39 Å². The molecular formula is C6H8FN3. The second-order valence-electron chi connectivity index (χ2n) is 1.98. The van der Waals surface area contributed by atoms with E-state index in [9.17, 15) is 4.39 Å². The van der Waals surface area contributed by atoms with Gasteiger partial charge in [0.2, 0.25) is 0 Å². The van der Waals surface area contributed by atoms with Crippen molar-refractivity contribution in [3.63, 3.8) is 0 Å². The zero-order valence-corrected chi connectivity index (χ0v) is 5.93. The van der Waals surface area contributed by atoms with E-state index in [0.29, 0.717) is 11.6 Å². The third kappa shape index (κ3) is 1.46. The fourth-order valence-corrected chi connectivity index (χ4v) is 0.742. The first-order valence-corrected chi connectivity index (χ1v) is 2.96. The van der Waals surface area contributed by atoms with Crippen molar-refractivity contribution in [2.75, 3.05) is 0 Å². The Morgan fingerprint density at radius 1 is 1.10 bits per heavy atom. The SMILES string of the molecule is Cc1nc(C)nc(CF)n1. The average molecular weight is 141 g/mol. The molecule has 1 aromatic rings. The number of halogens is 1. The van der Waals surface area contributed by atoms with Crippen LogP contribution < -0.4 is 0 Å². The van der Waals surface area contributed by atoms with Crippen LogP contribution >= 0.6 is 0 Å². The molecule has 1 aromatic heterocycles. The number of alkyl halides is 1. The third-order valence-corrected chi connectivity index (χ3v) is 1.02. The van der Waals surface area contributed by atoms with Crippen LogP contribution in [0.5, 0.6) is 0 Å². The van der Waals surface area contributed by atoms with Gasteiger partial charge in [0.1, 0.15) is 18.3 Å². The lowest BCUT2D eigenvalue weighted by molar-refractivity contribution is 0.461. The fraction of sp³-hybridized carbons (Fsp3) is 0.500. The Balaban J connectivity index is 3.06. The molecular weight excluding hydrogens is 133 g/mol. The van der Waals surface area contributed by atoms with Gasteiger partial charge < -0.3 is 0 Å². The van der Waals surface area contributed by atoms with Gasteiger partial charge in [0.25, 0.3) is 0 Å². The van der Waals surface area contributed by atoms with E-state index >= 15 is 0 Å². The van der Waals surface area contributed by atoms with Crippen molar-refractivity contribution < 1.29 is 4.39 Å². The lowest BCUT2D eigenvalue weighted by Gasteiger charge is -1.95. The van der Waals surface area contributed by atoms with Crippen molar-refractivity contribution >= 4 is 0 Å². The summed E-state index contributed by atoms with van der Waals surface area (Å²) >= 11 is 0. The average Bonchev–Trinajstić information content (AvgIpc) is 1.85. The molecule has 0 fully saturated rings. The summed E-state index contributed by atoms with van der Waals surface area (Å²) in [6, 6.07) is 0. The van der Waals surface area contributed by atoms with Gasteiger partial charge in [-0.3, -0.25) is 0 Å². The van der Waals surface area contributed by atoms with Crippen molar-refractivity contribution in [1.82, 2.24) is 15.0 Å². The molecule has 3 nitrogen and oxygen atoms in total. The smallest absolute Gasteiger partial charge is 0.163 e. The summed E-state index contributed by atoms with van der Waals surface area (Å²) in [7, 11) is 0. The topological polar surface area (TPSA) is 38.7 Å². The zero-order chi connectivity index (χ0) is 7.56. The van der Waals surface area contributed by atoms with Crippen LogP contribution in [0.25, 0.3) is 0 Å². The summed E-state index contributed by atoms with van der Waals surface area (Å²) in [4.78, 5) is 11.4. The quantitative estimate of drug-likeness (QED) is 0.584. The van der Waals surface area contributed by atoms with E-state index in [2.05, 4.69) is 15.0 Å². The number of rotatable bonds is 1. The van der Waals surface area contributed by atoms with E-state index < -0.39 is 6.67 Å². The highest BCUT2D eigenvalue weighted by atomic mass is 19.1. The van der Waals surface area contributed by atoms with Crippen molar-refractivity contribution in [3.8, 4) is 0 Å². The van der Waals surface area contributed by atoms with Crippen molar-refractivity contribution in [1.29, 1.82) is 0 Å². The molecule has 1 heterocycles. The Bertz CT molecular complexity index is 216. The first-order chi connectivity index (χ1) is 4.72. The standard InChI is InChI=1S/C6H8FN3/c1-4-8-5(2)10-6(3-7)9-4/h3H2,1-2H3. The predicted molar refractivity (Wildman–Crippen MR) is 34.1 cm³/mol. The van der Waals surface area contributed by atoms with E-state index in [1.165, 1.54) is 0 Å². The van der Waals surface area contributed by atoms with Gasteiger partial charge in [0.05, 0.1) is 0 Å². The maximum Gasteiger partial charge on any atom is 0.163 e. The zero-order valence-electron chi connectivity index (χ0n) is 5.93. The van der Waals surface area contributed by atoms with Crippen LogP contribution in [-0.2, 0) is 6.67 Å². The van der Waals surface area contributed by atoms with Gasteiger partial charge in [-0.05, 0) is 13.8 Å². The van der Waals surface area contributed by atoms with Crippen LogP contribution in [0.15, 0.2) is 0 Å². The summed E-state index contributed by atoms with van der Waals surface area (Å²) in [5, 5.41) is 0. The van der Waals surface area contributed by atoms with Gasteiger partial charge in [0, 0.05) is 0 Å². The summed E-state index contributed by atoms with van der Waals surface area (Å²) in [5.74, 6) is 1.35. The molecule has 0 aliphatic heterocycles. The molecule has 0 bridgehead atoms. The third-order valence-electron chi connectivity index (χ3n) is 1.02. The van der Waals surface area contributed by atoms with Gasteiger partial charge in [-0.2, -0.15) is 0 Å². The highest BCUT2D eigenvalue weighted by molar-refractivity contribution is 4.92. The highest BCUT2D eigenvalue weighted by Gasteiger charge is 1.97. The molecule has 0 aliphatic rings. The number of hydrogen-bond acceptors (Lipinski definition) is 3. The van der Waals surface area contributed by atoms with Crippen LogP contribution in [0.3, 0.4) is 0 Å². The molecule has 0 N–H and O–H groups in total. The van der Waals surface area contributed by atoms with E-state index in [-0.39, 0.29) is 5.82 Å². The first-order valence-electron chi connectivity index (χ1n) is 2.96. The summed E-state index contributed by atoms with van der Waals surface area (Å²) in [5.41, 5.74) is 0. The van der Waals surface area contributed by atoms with E-state index in [0.717, 1.165) is 0 Å². The van der Waals surface area contributed by atoms with E-state index in [1.54, 1.807) is 13.8 Å². The Morgan fingerprint density at radius 3 is 2.00 bits per heavy atom. The van der Waals surface area contributed by atoms with Crippen LogP contribution in [0.2, 0.25) is 0 Å². The number of nitrogens with zero attached hydrogens (tertiary/aromatic N) is 3. The molecule has 0 saturated carbocycles. The summed E-state index contributed by atoms with van der Waals surface area (Å²) in [6.07, 6.45) is 0. The lowest BCUT2D eigenvalue weighted by atomic mass is 10.5. The van der Waals surface area contributed by atoms with Crippen molar-refractivity contribution in [3.05, 3.63) is 17.5 Å². The molecule has 0 unspecified atom stereocenters. The summed E-state index contributed by atoms with van der Waals surface area (Å²) < 4.78 is 11.9. The van der Waals surface area contributed by atoms with Crippen LogP contribution in [-0.4, -0.2) is 15.0 Å². The normalized spacial score (nSPS) is 9.90. The van der Waals surface area contributed by atoms with Gasteiger partial charge in [-0.1, -0.05) is 0 Å². The molecule has 1 rings (SSSR count). The molecule has 0 amide bonds. The van der Waals surface area contributed by atoms with Crippen LogP contribution in [0, 0.1) is 13.8 Å². The number of aryl methyl sites for hydroxylation is 2. The Kier molecular flexibility index (Phi) is 1.89. The monoisotopic (exact) mass is 141 g/mol. The Morgan fingerprint density at radius 2 is 1.60 bits per heavy atom. The lowest BCUT2D eigenvalue weighted by Crippen LogP contribution is -2.00. The van der Waals surface area contributed by atoms with E-state index in [1.807, 2.05) is 0 Å². The van der Waals surface area contributed by atoms with Gasteiger partial charge in [0.15, 0.2) is 5.82 Å². The summed E-state index contributed by atoms with van der Waals surface area (Å²) in [6.45, 7) is 2.81. The maximum atomic E-state index is 11.9. The first kappa shape index (κ1) is 7.05. The minimum Gasteiger partial charge on any atom is -0.242 e. The van der Waals surface area contributed by atoms with Crippen LogP contribution in [0.1, 0.15) is 17.5 Å². The number of aromatic nitrogens is 3. The van der Waals surface area contributed by atoms with Gasteiger partial charge >= 0.3 is 0 Å². The molecule has 10 heavy (non-hydrogen) atoms.